The third-order valence-corrected chi connectivity index (χ3v) is 17.1. The van der Waals surface area contributed by atoms with Crippen LogP contribution in [0.4, 0.5) is 40.3 Å². The van der Waals surface area contributed by atoms with E-state index in [1.165, 1.54) is 36.4 Å². The van der Waals surface area contributed by atoms with Crippen LogP contribution < -0.4 is 26.0 Å². The fourth-order valence-electron chi connectivity index (χ4n) is 11.9. The highest BCUT2D eigenvalue weighted by molar-refractivity contribution is 6.30. The van der Waals surface area contributed by atoms with Crippen molar-refractivity contribution in [2.45, 2.75) is 64.5 Å². The summed E-state index contributed by atoms with van der Waals surface area (Å²) in [5.74, 6) is 2.25. The molecule has 0 spiro atoms. The molecule has 4 N–H and O–H groups in total. The number of carbonyl (C=O) groups excluding carboxylic acids is 4. The van der Waals surface area contributed by atoms with E-state index in [-0.39, 0.29) is 49.1 Å². The predicted octanol–water partition coefficient (Wildman–Crippen LogP) is 16.3. The number of nitrogens with zero attached hydrogens (tertiary/aromatic N) is 12. The number of methoxy groups -OCH3 is 1. The second-order valence-electron chi connectivity index (χ2n) is 24.0. The Labute approximate surface area is 603 Å². The van der Waals surface area contributed by atoms with Gasteiger partial charge in [0.2, 0.25) is 23.6 Å². The van der Waals surface area contributed by atoms with Gasteiger partial charge in [0.15, 0.2) is 23.3 Å². The van der Waals surface area contributed by atoms with Crippen LogP contribution in [0.1, 0.15) is 67.5 Å². The summed E-state index contributed by atoms with van der Waals surface area (Å²) in [7, 11) is 1.61. The van der Waals surface area contributed by atoms with Crippen LogP contribution in [-0.2, 0) is 45.0 Å². The van der Waals surface area contributed by atoms with E-state index in [1.807, 2.05) is 185 Å². The molecule has 26 heteroatoms. The average Bonchev–Trinajstić information content (AvgIpc) is 1.65. The van der Waals surface area contributed by atoms with Crippen molar-refractivity contribution >= 4 is 150 Å². The predicted molar refractivity (Wildman–Crippen MR) is 405 cm³/mol. The van der Waals surface area contributed by atoms with Gasteiger partial charge >= 0.3 is 6.18 Å². The van der Waals surface area contributed by atoms with Gasteiger partial charge in [0.05, 0.1) is 56.8 Å². The monoisotopic (exact) mass is 1430 g/mol. The summed E-state index contributed by atoms with van der Waals surface area (Å²) in [5, 5.41) is 11.9. The van der Waals surface area contributed by atoms with E-state index in [1.54, 1.807) is 42.2 Å². The minimum absolute atomic E-state index is 0.0380. The third-order valence-electron chi connectivity index (χ3n) is 16.8. The Kier molecular flexibility index (Phi) is 21.4. The molecule has 4 aliphatic heterocycles. The Morgan fingerprint density at radius 3 is 1.13 bits per heavy atom. The number of allylic oxidation sites excluding steroid dienone is 4. The third kappa shape index (κ3) is 16.8. The molecule has 21 nitrogen and oxygen atoms in total. The highest BCUT2D eigenvalue weighted by atomic mass is 35.5. The van der Waals surface area contributed by atoms with Gasteiger partial charge in [0.1, 0.15) is 60.0 Å². The van der Waals surface area contributed by atoms with Gasteiger partial charge in [-0.3, -0.25) is 39.1 Å². The van der Waals surface area contributed by atoms with E-state index in [2.05, 4.69) is 56.2 Å². The molecule has 12 aromatic rings. The lowest BCUT2D eigenvalue weighted by atomic mass is 10.2. The molecule has 4 aromatic heterocycles. The van der Waals surface area contributed by atoms with E-state index in [9.17, 15) is 36.7 Å². The van der Waals surface area contributed by atoms with Crippen LogP contribution in [0.25, 0.3) is 66.9 Å². The van der Waals surface area contributed by atoms with Gasteiger partial charge in [-0.25, -0.2) is 24.3 Å². The van der Waals surface area contributed by atoms with Crippen molar-refractivity contribution in [1.29, 1.82) is 0 Å². The fourth-order valence-corrected chi connectivity index (χ4v) is 12.0. The molecule has 1 unspecified atom stereocenters. The molecule has 4 amide bonds. The summed E-state index contributed by atoms with van der Waals surface area (Å²) >= 11 is 5.88. The summed E-state index contributed by atoms with van der Waals surface area (Å²) in [4.78, 5) is 86.4. The van der Waals surface area contributed by atoms with Crippen molar-refractivity contribution in [3.8, 4) is 5.75 Å². The lowest BCUT2D eigenvalue weighted by molar-refractivity contribution is -0.137. The highest BCUT2D eigenvalue weighted by Gasteiger charge is 2.31. The Morgan fingerprint density at radius 2 is 0.762 bits per heavy atom. The van der Waals surface area contributed by atoms with Gasteiger partial charge in [-0.15, -0.1) is 0 Å². The number of imidazole rings is 4. The highest BCUT2D eigenvalue weighted by Crippen LogP contribution is 2.33. The van der Waals surface area contributed by atoms with E-state index in [0.29, 0.717) is 57.5 Å². The average molecular weight is 1430 g/mol. The maximum Gasteiger partial charge on any atom is 0.416 e. The van der Waals surface area contributed by atoms with Crippen LogP contribution in [0.5, 0.6) is 5.75 Å². The van der Waals surface area contributed by atoms with Gasteiger partial charge in [0, 0.05) is 78.3 Å². The number of para-hydroxylation sites is 8. The van der Waals surface area contributed by atoms with Crippen molar-refractivity contribution in [3.05, 3.63) is 258 Å². The molecule has 0 fully saturated rings. The van der Waals surface area contributed by atoms with Crippen molar-refractivity contribution in [1.82, 2.24) is 38.2 Å². The number of anilines is 4. The summed E-state index contributed by atoms with van der Waals surface area (Å²) < 4.78 is 63.6. The van der Waals surface area contributed by atoms with Crippen LogP contribution in [0, 0.1) is 5.82 Å². The molecular formula is C79H65ClF4N16O5. The van der Waals surface area contributed by atoms with Crippen LogP contribution in [0.3, 0.4) is 0 Å². The van der Waals surface area contributed by atoms with E-state index < -0.39 is 17.8 Å². The lowest BCUT2D eigenvalue weighted by Gasteiger charge is -2.17. The molecule has 0 radical (unpaired) electrons. The number of benzene rings is 8. The minimum Gasteiger partial charge on any atom is -0.497 e. The number of aliphatic imine (C=N–C) groups is 4. The molecule has 0 bridgehead atoms. The summed E-state index contributed by atoms with van der Waals surface area (Å²) in [6.07, 6.45) is 13.8. The molecule has 16 rings (SSSR count). The van der Waals surface area contributed by atoms with E-state index >= 15 is 0 Å². The Bertz CT molecular complexity index is 5350. The van der Waals surface area contributed by atoms with E-state index in [4.69, 9.17) is 21.3 Å². The Hall–Kier alpha value is -13.0. The van der Waals surface area contributed by atoms with Crippen LogP contribution in [0.15, 0.2) is 238 Å². The fraction of sp³-hybridized carbons (Fsp3) is 0.139. The van der Waals surface area contributed by atoms with Gasteiger partial charge < -0.3 is 44.3 Å². The quantitative estimate of drug-likeness (QED) is 0.0632. The number of halogens is 5. The van der Waals surface area contributed by atoms with Crippen LogP contribution in [0.2, 0.25) is 5.02 Å². The number of nitrogens with one attached hydrogen (secondary N) is 4. The summed E-state index contributed by atoms with van der Waals surface area (Å²) in [5.41, 5.74) is 11.3. The first-order valence-corrected chi connectivity index (χ1v) is 33.7. The zero-order valence-corrected chi connectivity index (χ0v) is 57.2. The Morgan fingerprint density at radius 1 is 0.438 bits per heavy atom. The molecule has 526 valence electrons. The minimum atomic E-state index is -4.41. The first-order chi connectivity index (χ1) is 51.0. The number of hydrogen-bond acceptors (Lipinski definition) is 13. The van der Waals surface area contributed by atoms with Gasteiger partial charge in [0.25, 0.3) is 0 Å². The first-order valence-electron chi connectivity index (χ1n) is 33.3. The molecule has 0 saturated heterocycles. The summed E-state index contributed by atoms with van der Waals surface area (Å²) in [6, 6.07) is 54.5. The van der Waals surface area contributed by atoms with Gasteiger partial charge in [-0.2, -0.15) is 13.2 Å². The maximum atomic E-state index is 13.0. The normalized spacial score (nSPS) is 13.6. The number of carbonyl (C=O) groups is 4. The van der Waals surface area contributed by atoms with Crippen molar-refractivity contribution in [3.63, 3.8) is 0 Å². The van der Waals surface area contributed by atoms with Crippen molar-refractivity contribution in [2.24, 2.45) is 20.0 Å². The maximum absolute atomic E-state index is 13.0. The van der Waals surface area contributed by atoms with Crippen molar-refractivity contribution in [2.75, 3.05) is 28.4 Å². The second kappa shape index (κ2) is 31.9. The number of ether oxygens (including phenoxy) is 1. The van der Waals surface area contributed by atoms with Gasteiger partial charge in [-0.05, 0) is 177 Å². The Balaban J connectivity index is 0.000000124. The number of aromatic nitrogens is 8. The zero-order chi connectivity index (χ0) is 73.0. The topological polar surface area (TPSA) is 246 Å². The summed E-state index contributed by atoms with van der Waals surface area (Å²) in [6.45, 7) is 2.09. The first kappa shape index (κ1) is 70.4. The lowest BCUT2D eigenvalue weighted by Crippen LogP contribution is -2.24. The number of rotatable bonds is 17. The standard InChI is InChI=1S/C21H20N4O2.C20H15F3N4O.C19H15ClN4O.C19H15FN4O/c1-14(21(26)23-15-9-11-16(27-2)12-10-15)25-19-8-4-3-6-17(19)24-20(25)18-7-5-13-22-18;21-20(22,23)13-7-9-14(10-8-13)25-18(28)12-27-17-6-2-1-4-15(17)26-19(27)16-5-3-11-24-16;2*20-13-7-9-14(10-8-13)22-18(25)12-24-17-6-2-1-4-15(17)23-19(24)16-5-3-11-21-16/h3-4,6-14H,5H2,1-2H3,(H,23,26);1-2,4-11H,3,12H2,(H,25,28);2*1-2,4-11H,3,12H2,(H,22,25). The molecule has 0 saturated carbocycles. The molecule has 4 aliphatic rings. The number of alkyl halides is 3. The smallest absolute Gasteiger partial charge is 0.416 e. The molecular weight excluding hydrogens is 1360 g/mol. The zero-order valence-electron chi connectivity index (χ0n) is 56.4. The number of fused-ring (bicyclic) bond motifs is 4. The number of hydrogen-bond donors (Lipinski definition) is 4. The van der Waals surface area contributed by atoms with Crippen molar-refractivity contribution < 1.29 is 41.5 Å². The van der Waals surface area contributed by atoms with Gasteiger partial charge in [-0.1, -0.05) is 60.1 Å². The molecule has 105 heavy (non-hydrogen) atoms. The number of amides is 4. The second-order valence-corrected chi connectivity index (χ2v) is 24.4. The largest absolute Gasteiger partial charge is 0.497 e. The van der Waals surface area contributed by atoms with Crippen LogP contribution in [-0.4, -0.2) is 93.8 Å². The SMILES string of the molecule is COc1ccc(NC(=O)C(C)n2c(C3=CCC=N3)nc3ccccc32)cc1.O=C(Cn1c(C2=CCC=N2)nc2ccccc21)Nc1ccc(C(F)(F)F)cc1.O=C(Cn1c(C2=CCC=N2)nc2ccccc21)Nc1ccc(Cl)cc1.O=C(Cn1c(C2=CCC=N2)nc2ccccc21)Nc1ccc(F)cc1. The molecule has 1 atom stereocenters. The van der Waals surface area contributed by atoms with Crippen LogP contribution >= 0.6 is 11.6 Å². The van der Waals surface area contributed by atoms with E-state index in [0.717, 1.165) is 104 Å². The molecule has 8 heterocycles. The molecule has 8 aromatic carbocycles. The molecule has 0 aliphatic carbocycles.